The van der Waals surface area contributed by atoms with E-state index in [1.165, 1.54) is 38.5 Å². The van der Waals surface area contributed by atoms with Gasteiger partial charge in [0, 0.05) is 0 Å². The molecule has 17 heavy (non-hydrogen) atoms. The van der Waals surface area contributed by atoms with Gasteiger partial charge in [0.05, 0.1) is 7.85 Å². The zero-order chi connectivity index (χ0) is 13.1. The van der Waals surface area contributed by atoms with Crippen LogP contribution >= 0.6 is 0 Å². The van der Waals surface area contributed by atoms with Gasteiger partial charge in [0.15, 0.2) is 0 Å². The predicted molar refractivity (Wildman–Crippen MR) is 78.5 cm³/mol. The van der Waals surface area contributed by atoms with Crippen molar-refractivity contribution in [3.63, 3.8) is 0 Å². The summed E-state index contributed by atoms with van der Waals surface area (Å²) in [5.41, 5.74) is 0.513. The lowest BCUT2D eigenvalue weighted by Gasteiger charge is -2.43. The zero-order valence-electron chi connectivity index (χ0n) is 12.6. The smallest absolute Gasteiger partial charge is 0.0703 e. The second kappa shape index (κ2) is 6.30. The van der Waals surface area contributed by atoms with Gasteiger partial charge in [-0.15, -0.1) is 0 Å². The molecule has 0 saturated heterocycles. The highest BCUT2D eigenvalue weighted by Gasteiger charge is 2.43. The van der Waals surface area contributed by atoms with Gasteiger partial charge in [-0.25, -0.2) is 0 Å². The van der Waals surface area contributed by atoms with Gasteiger partial charge in [-0.1, -0.05) is 72.5 Å². The fraction of sp³-hybridized carbons (Fsp3) is 1.00. The fourth-order valence-electron chi connectivity index (χ4n) is 4.11. The Balaban J connectivity index is 2.81. The fourth-order valence-corrected chi connectivity index (χ4v) is 4.11. The molecule has 0 aromatic carbocycles. The van der Waals surface area contributed by atoms with Crippen LogP contribution in [-0.2, 0) is 0 Å². The molecule has 0 heterocycles. The molecule has 0 aliphatic heterocycles. The average molecular weight is 234 g/mol. The molecule has 0 N–H and O–H groups in total. The van der Waals surface area contributed by atoms with Crippen LogP contribution in [0.5, 0.6) is 0 Å². The summed E-state index contributed by atoms with van der Waals surface area (Å²) in [6, 6.07) is 0. The van der Waals surface area contributed by atoms with Crippen LogP contribution < -0.4 is 0 Å². The lowest BCUT2D eigenvalue weighted by atomic mass is 9.58. The first-order chi connectivity index (χ1) is 7.96. The molecule has 0 bridgehead atoms. The third kappa shape index (κ3) is 3.29. The van der Waals surface area contributed by atoms with Crippen molar-refractivity contribution < 1.29 is 0 Å². The number of hydrogen-bond acceptors (Lipinski definition) is 0. The number of hydrogen-bond donors (Lipinski definition) is 0. The van der Waals surface area contributed by atoms with Crippen LogP contribution in [0.4, 0.5) is 0 Å². The van der Waals surface area contributed by atoms with E-state index in [-0.39, 0.29) is 0 Å². The molecule has 0 aromatic heterocycles. The van der Waals surface area contributed by atoms with Gasteiger partial charge < -0.3 is 0 Å². The van der Waals surface area contributed by atoms with Crippen LogP contribution in [-0.4, -0.2) is 7.85 Å². The second-order valence-corrected chi connectivity index (χ2v) is 6.75. The Hall–Kier alpha value is 0.0649. The quantitative estimate of drug-likeness (QED) is 0.552. The van der Waals surface area contributed by atoms with Gasteiger partial charge in [0.25, 0.3) is 0 Å². The monoisotopic (exact) mass is 234 g/mol. The highest BCUT2D eigenvalue weighted by Crippen LogP contribution is 2.54. The van der Waals surface area contributed by atoms with E-state index >= 15 is 0 Å². The maximum absolute atomic E-state index is 6.41. The lowest BCUT2D eigenvalue weighted by Crippen LogP contribution is -2.34. The first-order valence-corrected chi connectivity index (χ1v) is 7.72. The Morgan fingerprint density at radius 2 is 1.76 bits per heavy atom. The molecule has 3 atom stereocenters. The molecule has 0 aromatic rings. The van der Waals surface area contributed by atoms with Crippen LogP contribution in [0.1, 0.15) is 73.1 Å². The van der Waals surface area contributed by atoms with Crippen molar-refractivity contribution in [1.82, 2.24) is 0 Å². The standard InChI is InChI=1S/C16H31B/c1-6-16(7-2,11-10-12(3)4)15-13(5)8-9-14(15)17/h12-15H,6-11H2,1-5H3. The molecular formula is C16H31B. The van der Waals surface area contributed by atoms with E-state index in [1.807, 2.05) is 0 Å². The van der Waals surface area contributed by atoms with Crippen LogP contribution in [0.3, 0.4) is 0 Å². The summed E-state index contributed by atoms with van der Waals surface area (Å²) in [4.78, 5) is 0. The van der Waals surface area contributed by atoms with Crippen LogP contribution in [0, 0.1) is 23.2 Å². The summed E-state index contributed by atoms with van der Waals surface area (Å²) in [6.07, 6.45) is 7.93. The largest absolute Gasteiger partial charge is 0.0738 e. The highest BCUT2D eigenvalue weighted by molar-refractivity contribution is 6.12. The molecule has 0 spiro atoms. The topological polar surface area (TPSA) is 0 Å². The van der Waals surface area contributed by atoms with E-state index < -0.39 is 0 Å². The van der Waals surface area contributed by atoms with Gasteiger partial charge >= 0.3 is 0 Å². The van der Waals surface area contributed by atoms with E-state index in [9.17, 15) is 0 Å². The molecule has 1 saturated carbocycles. The first-order valence-electron chi connectivity index (χ1n) is 7.72. The van der Waals surface area contributed by atoms with Crippen molar-refractivity contribution in [3.05, 3.63) is 0 Å². The third-order valence-corrected chi connectivity index (χ3v) is 5.36. The van der Waals surface area contributed by atoms with E-state index in [4.69, 9.17) is 7.85 Å². The Morgan fingerprint density at radius 3 is 2.12 bits per heavy atom. The summed E-state index contributed by atoms with van der Waals surface area (Å²) in [6.45, 7) is 11.9. The summed E-state index contributed by atoms with van der Waals surface area (Å²) in [7, 11) is 6.41. The van der Waals surface area contributed by atoms with E-state index in [1.54, 1.807) is 0 Å². The van der Waals surface area contributed by atoms with Crippen LogP contribution in [0.15, 0.2) is 0 Å². The summed E-state index contributed by atoms with van der Waals surface area (Å²) in [5, 5.41) is 0. The molecule has 1 aliphatic rings. The van der Waals surface area contributed by atoms with Crippen molar-refractivity contribution in [2.45, 2.75) is 79.0 Å². The summed E-state index contributed by atoms with van der Waals surface area (Å²) < 4.78 is 0. The molecular weight excluding hydrogens is 203 g/mol. The third-order valence-electron chi connectivity index (χ3n) is 5.36. The molecule has 3 unspecified atom stereocenters. The SMILES string of the molecule is [B]C1CCC(C)C1C(CC)(CC)CCC(C)C. The van der Waals surface area contributed by atoms with Crippen LogP contribution in [0.2, 0.25) is 5.82 Å². The number of rotatable bonds is 6. The maximum atomic E-state index is 6.41. The first kappa shape index (κ1) is 15.1. The molecule has 0 amide bonds. The van der Waals surface area contributed by atoms with Crippen LogP contribution in [0.25, 0.3) is 0 Å². The summed E-state index contributed by atoms with van der Waals surface area (Å²) >= 11 is 0. The molecule has 98 valence electrons. The Bertz CT molecular complexity index is 208. The average Bonchev–Trinajstić information content (AvgIpc) is 2.63. The molecule has 0 nitrogen and oxygen atoms in total. The van der Waals surface area contributed by atoms with E-state index in [0.717, 1.165) is 17.8 Å². The van der Waals surface area contributed by atoms with Gasteiger partial charge in [0.2, 0.25) is 0 Å². The van der Waals surface area contributed by atoms with Gasteiger partial charge in [-0.2, -0.15) is 0 Å². The maximum Gasteiger partial charge on any atom is 0.0703 e. The summed E-state index contributed by atoms with van der Waals surface area (Å²) in [5.74, 6) is 2.87. The minimum Gasteiger partial charge on any atom is -0.0738 e. The second-order valence-electron chi connectivity index (χ2n) is 6.75. The van der Waals surface area contributed by atoms with Crippen molar-refractivity contribution >= 4 is 7.85 Å². The zero-order valence-corrected chi connectivity index (χ0v) is 12.6. The van der Waals surface area contributed by atoms with Gasteiger partial charge in [-0.3, -0.25) is 0 Å². The van der Waals surface area contributed by atoms with Crippen molar-refractivity contribution in [3.8, 4) is 0 Å². The van der Waals surface area contributed by atoms with Crippen molar-refractivity contribution in [2.75, 3.05) is 0 Å². The van der Waals surface area contributed by atoms with E-state index in [2.05, 4.69) is 34.6 Å². The highest BCUT2D eigenvalue weighted by atomic mass is 14.5. The lowest BCUT2D eigenvalue weighted by molar-refractivity contribution is 0.0928. The Labute approximate surface area is 110 Å². The van der Waals surface area contributed by atoms with Crippen molar-refractivity contribution in [1.29, 1.82) is 0 Å². The van der Waals surface area contributed by atoms with E-state index in [0.29, 0.717) is 11.2 Å². The molecule has 1 heteroatoms. The van der Waals surface area contributed by atoms with Gasteiger partial charge in [0.1, 0.15) is 0 Å². The van der Waals surface area contributed by atoms with Gasteiger partial charge in [-0.05, 0) is 29.6 Å². The Morgan fingerprint density at radius 1 is 1.18 bits per heavy atom. The minimum absolute atomic E-state index is 0.456. The molecule has 1 rings (SSSR count). The van der Waals surface area contributed by atoms with Crippen molar-refractivity contribution in [2.24, 2.45) is 23.2 Å². The molecule has 1 fully saturated rings. The Kier molecular flexibility index (Phi) is 5.60. The molecule has 1 aliphatic carbocycles. The predicted octanol–water partition coefficient (Wildman–Crippen LogP) is 5.23. The minimum atomic E-state index is 0.456. The molecule has 2 radical (unpaired) electrons. The normalized spacial score (nSPS) is 30.1.